The fourth-order valence-corrected chi connectivity index (χ4v) is 3.71. The lowest BCUT2D eigenvalue weighted by Crippen LogP contribution is -2.32. The summed E-state index contributed by atoms with van der Waals surface area (Å²) >= 11 is 6.04. The Hall–Kier alpha value is -3.57. The fourth-order valence-electron chi connectivity index (χ4n) is 3.58. The Bertz CT molecular complexity index is 1220. The molecule has 1 aliphatic heterocycles. The third-order valence-corrected chi connectivity index (χ3v) is 5.66. The van der Waals surface area contributed by atoms with Gasteiger partial charge in [-0.25, -0.2) is 4.90 Å². The van der Waals surface area contributed by atoms with Crippen LogP contribution in [0.2, 0.25) is 5.02 Å². The number of methoxy groups -OCH3 is 1. The van der Waals surface area contributed by atoms with Gasteiger partial charge in [-0.3, -0.25) is 9.59 Å². The smallest absolute Gasteiger partial charge is 0.282 e. The summed E-state index contributed by atoms with van der Waals surface area (Å²) in [7, 11) is 1.51. The first-order valence-corrected chi connectivity index (χ1v) is 10.2. The molecule has 3 aromatic carbocycles. The van der Waals surface area contributed by atoms with Crippen LogP contribution >= 0.6 is 11.6 Å². The van der Waals surface area contributed by atoms with Crippen LogP contribution in [-0.2, 0) is 9.59 Å². The number of halogens is 1. The number of anilines is 2. The second-order valence-electron chi connectivity index (χ2n) is 7.25. The van der Waals surface area contributed by atoms with Crippen LogP contribution in [0.25, 0.3) is 5.57 Å². The van der Waals surface area contributed by atoms with Gasteiger partial charge in [-0.15, -0.1) is 0 Å². The van der Waals surface area contributed by atoms with Crippen molar-refractivity contribution in [1.82, 2.24) is 0 Å². The van der Waals surface area contributed by atoms with Crippen LogP contribution in [0, 0.1) is 13.8 Å². The van der Waals surface area contributed by atoms with Gasteiger partial charge in [0.25, 0.3) is 11.8 Å². The monoisotopic (exact) mass is 432 g/mol. The van der Waals surface area contributed by atoms with Crippen LogP contribution in [-0.4, -0.2) is 18.9 Å². The largest absolute Gasteiger partial charge is 0.495 e. The number of benzene rings is 3. The van der Waals surface area contributed by atoms with Crippen molar-refractivity contribution in [3.8, 4) is 5.75 Å². The highest BCUT2D eigenvalue weighted by Crippen LogP contribution is 2.38. The zero-order chi connectivity index (χ0) is 22.1. The minimum Gasteiger partial charge on any atom is -0.495 e. The standard InChI is InChI=1S/C25H21ClN2O3/c1-15-7-6-8-19(16(15)2)27-23-22(17-11-13-18(26)14-12-17)24(29)28(25(23)30)20-9-4-5-10-21(20)31-3/h4-14,27H,1-3H3. The Balaban J connectivity index is 1.87. The first-order chi connectivity index (χ1) is 14.9. The summed E-state index contributed by atoms with van der Waals surface area (Å²) in [5.74, 6) is -0.433. The predicted molar refractivity (Wildman–Crippen MR) is 123 cm³/mol. The highest BCUT2D eigenvalue weighted by atomic mass is 35.5. The number of hydrogen-bond donors (Lipinski definition) is 1. The number of carbonyl (C=O) groups excluding carboxylic acids is 2. The minimum atomic E-state index is -0.444. The van der Waals surface area contributed by atoms with Crippen molar-refractivity contribution >= 4 is 40.4 Å². The molecular weight excluding hydrogens is 412 g/mol. The van der Waals surface area contributed by atoms with Gasteiger partial charge in [-0.1, -0.05) is 48.0 Å². The topological polar surface area (TPSA) is 58.6 Å². The van der Waals surface area contributed by atoms with Crippen LogP contribution in [0.15, 0.2) is 72.4 Å². The lowest BCUT2D eigenvalue weighted by molar-refractivity contribution is -0.120. The number of para-hydroxylation sites is 2. The van der Waals surface area contributed by atoms with Crippen molar-refractivity contribution < 1.29 is 14.3 Å². The van der Waals surface area contributed by atoms with E-state index in [1.807, 2.05) is 32.0 Å². The number of amides is 2. The normalized spacial score (nSPS) is 13.7. The molecule has 0 atom stereocenters. The average Bonchev–Trinajstić information content (AvgIpc) is 3.01. The number of ether oxygens (including phenoxy) is 1. The van der Waals surface area contributed by atoms with Gasteiger partial charge in [0.1, 0.15) is 11.4 Å². The van der Waals surface area contributed by atoms with Gasteiger partial charge in [-0.05, 0) is 60.9 Å². The maximum atomic E-state index is 13.5. The Morgan fingerprint density at radius 1 is 0.871 bits per heavy atom. The molecule has 2 amide bonds. The van der Waals surface area contributed by atoms with Crippen LogP contribution in [0.5, 0.6) is 5.75 Å². The number of rotatable bonds is 5. The van der Waals surface area contributed by atoms with Gasteiger partial charge < -0.3 is 10.1 Å². The summed E-state index contributed by atoms with van der Waals surface area (Å²) in [4.78, 5) is 28.2. The van der Waals surface area contributed by atoms with E-state index in [9.17, 15) is 9.59 Å². The fraction of sp³-hybridized carbons (Fsp3) is 0.120. The molecule has 3 aromatic rings. The minimum absolute atomic E-state index is 0.215. The van der Waals surface area contributed by atoms with Gasteiger partial charge in [-0.2, -0.15) is 0 Å². The second kappa shape index (κ2) is 8.28. The highest BCUT2D eigenvalue weighted by molar-refractivity contribution is 6.46. The van der Waals surface area contributed by atoms with E-state index in [0.717, 1.165) is 21.7 Å². The number of imide groups is 1. The highest BCUT2D eigenvalue weighted by Gasteiger charge is 2.41. The van der Waals surface area contributed by atoms with E-state index >= 15 is 0 Å². The Kier molecular flexibility index (Phi) is 5.53. The van der Waals surface area contributed by atoms with Crippen molar-refractivity contribution in [3.05, 3.63) is 94.1 Å². The van der Waals surface area contributed by atoms with E-state index < -0.39 is 11.8 Å². The Morgan fingerprint density at radius 3 is 2.29 bits per heavy atom. The van der Waals surface area contributed by atoms with Gasteiger partial charge in [0.05, 0.1) is 18.4 Å². The van der Waals surface area contributed by atoms with Crippen molar-refractivity contribution in [2.75, 3.05) is 17.3 Å². The average molecular weight is 433 g/mol. The lowest BCUT2D eigenvalue weighted by atomic mass is 10.0. The first-order valence-electron chi connectivity index (χ1n) is 9.77. The van der Waals surface area contributed by atoms with Crippen molar-refractivity contribution in [2.24, 2.45) is 0 Å². The maximum absolute atomic E-state index is 13.5. The molecule has 0 saturated carbocycles. The summed E-state index contributed by atoms with van der Waals surface area (Å²) in [5, 5.41) is 3.77. The Morgan fingerprint density at radius 2 is 1.58 bits per heavy atom. The summed E-state index contributed by atoms with van der Waals surface area (Å²) in [5.41, 5.74) is 4.35. The number of hydrogen-bond acceptors (Lipinski definition) is 4. The van der Waals surface area contributed by atoms with Gasteiger partial charge in [0.15, 0.2) is 0 Å². The molecule has 31 heavy (non-hydrogen) atoms. The van der Waals surface area contributed by atoms with Gasteiger partial charge in [0, 0.05) is 10.7 Å². The molecule has 0 fully saturated rings. The van der Waals surface area contributed by atoms with E-state index in [1.54, 1.807) is 48.5 Å². The number of aryl methyl sites for hydroxylation is 1. The molecule has 0 saturated heterocycles. The predicted octanol–water partition coefficient (Wildman–Crippen LogP) is 5.36. The quantitative estimate of drug-likeness (QED) is 0.551. The van der Waals surface area contributed by atoms with E-state index in [2.05, 4.69) is 5.32 Å². The van der Waals surface area contributed by atoms with E-state index in [4.69, 9.17) is 16.3 Å². The summed E-state index contributed by atoms with van der Waals surface area (Å²) in [6.45, 7) is 3.97. The van der Waals surface area contributed by atoms with Crippen LogP contribution in [0.4, 0.5) is 11.4 Å². The van der Waals surface area contributed by atoms with E-state index in [-0.39, 0.29) is 11.3 Å². The van der Waals surface area contributed by atoms with Crippen molar-refractivity contribution in [1.29, 1.82) is 0 Å². The molecule has 0 unspecified atom stereocenters. The second-order valence-corrected chi connectivity index (χ2v) is 7.68. The number of nitrogens with one attached hydrogen (secondary N) is 1. The van der Waals surface area contributed by atoms with Gasteiger partial charge in [0.2, 0.25) is 0 Å². The lowest BCUT2D eigenvalue weighted by Gasteiger charge is -2.18. The molecule has 6 heteroatoms. The molecule has 5 nitrogen and oxygen atoms in total. The summed E-state index contributed by atoms with van der Waals surface area (Å²) in [6.07, 6.45) is 0. The number of nitrogens with zero attached hydrogens (tertiary/aromatic N) is 1. The molecule has 1 N–H and O–H groups in total. The van der Waals surface area contributed by atoms with E-state index in [0.29, 0.717) is 22.0 Å². The zero-order valence-corrected chi connectivity index (χ0v) is 18.2. The molecule has 4 rings (SSSR count). The first kappa shape index (κ1) is 20.7. The molecule has 1 heterocycles. The molecule has 1 aliphatic rings. The van der Waals surface area contributed by atoms with Crippen LogP contribution in [0.3, 0.4) is 0 Å². The van der Waals surface area contributed by atoms with Crippen molar-refractivity contribution in [2.45, 2.75) is 13.8 Å². The van der Waals surface area contributed by atoms with Crippen molar-refractivity contribution in [3.63, 3.8) is 0 Å². The molecule has 0 bridgehead atoms. The van der Waals surface area contributed by atoms with Crippen LogP contribution < -0.4 is 15.0 Å². The summed E-state index contributed by atoms with van der Waals surface area (Å²) in [6, 6.07) is 19.6. The molecule has 0 aromatic heterocycles. The molecule has 0 aliphatic carbocycles. The molecule has 156 valence electrons. The molecular formula is C25H21ClN2O3. The molecule has 0 radical (unpaired) electrons. The summed E-state index contributed by atoms with van der Waals surface area (Å²) < 4.78 is 5.40. The maximum Gasteiger partial charge on any atom is 0.282 e. The van der Waals surface area contributed by atoms with E-state index in [1.165, 1.54) is 7.11 Å². The van der Waals surface area contributed by atoms with Crippen LogP contribution in [0.1, 0.15) is 16.7 Å². The third kappa shape index (κ3) is 3.68. The number of carbonyl (C=O) groups is 2. The molecule has 0 spiro atoms. The zero-order valence-electron chi connectivity index (χ0n) is 17.4. The third-order valence-electron chi connectivity index (χ3n) is 5.41. The Labute approximate surface area is 185 Å². The van der Waals surface area contributed by atoms with Gasteiger partial charge >= 0.3 is 0 Å². The SMILES string of the molecule is COc1ccccc1N1C(=O)C(Nc2cccc(C)c2C)=C(c2ccc(Cl)cc2)C1=O.